The van der Waals surface area contributed by atoms with Crippen molar-refractivity contribution in [1.82, 2.24) is 9.97 Å². The van der Waals surface area contributed by atoms with Gasteiger partial charge in [0.1, 0.15) is 5.82 Å². The summed E-state index contributed by atoms with van der Waals surface area (Å²) in [5, 5.41) is 0. The third-order valence-electron chi connectivity index (χ3n) is 3.25. The number of hydrogen-bond acceptors (Lipinski definition) is 1. The molecule has 0 aliphatic rings. The second kappa shape index (κ2) is 4.73. The minimum Gasteiger partial charge on any atom is -0.346 e. The number of hydrogen-bond donors (Lipinski definition) is 1. The molecule has 1 aromatic heterocycles. The van der Waals surface area contributed by atoms with Gasteiger partial charge in [0.05, 0.1) is 5.69 Å². The standard InChI is InChI=1S/C17H16N2/c1-12-17(19-13(2)18-12)16-10-6-9-15(11-16)14-7-4-3-5-8-14/h3-11H,1-2H3,(H,18,19). The quantitative estimate of drug-likeness (QED) is 0.717. The van der Waals surface area contributed by atoms with E-state index in [-0.39, 0.29) is 0 Å². The van der Waals surface area contributed by atoms with Crippen molar-refractivity contribution in [3.63, 3.8) is 0 Å². The zero-order chi connectivity index (χ0) is 13.2. The van der Waals surface area contributed by atoms with Crippen LogP contribution in [0.15, 0.2) is 54.6 Å². The van der Waals surface area contributed by atoms with E-state index in [4.69, 9.17) is 0 Å². The van der Waals surface area contributed by atoms with Crippen LogP contribution in [-0.2, 0) is 0 Å². The van der Waals surface area contributed by atoms with Crippen molar-refractivity contribution in [2.75, 3.05) is 0 Å². The van der Waals surface area contributed by atoms with Crippen LogP contribution in [0.5, 0.6) is 0 Å². The van der Waals surface area contributed by atoms with Crippen LogP contribution in [0, 0.1) is 13.8 Å². The van der Waals surface area contributed by atoms with Crippen molar-refractivity contribution in [2.24, 2.45) is 0 Å². The number of H-pyrrole nitrogens is 1. The first-order valence-electron chi connectivity index (χ1n) is 6.43. The highest BCUT2D eigenvalue weighted by molar-refractivity contribution is 5.72. The molecule has 2 nitrogen and oxygen atoms in total. The van der Waals surface area contributed by atoms with Crippen molar-refractivity contribution in [2.45, 2.75) is 13.8 Å². The molecule has 0 fully saturated rings. The molecule has 0 radical (unpaired) electrons. The maximum atomic E-state index is 4.56. The molecule has 1 heterocycles. The first-order valence-corrected chi connectivity index (χ1v) is 6.43. The number of nitrogens with zero attached hydrogens (tertiary/aromatic N) is 1. The van der Waals surface area contributed by atoms with Gasteiger partial charge in [-0.1, -0.05) is 48.5 Å². The lowest BCUT2D eigenvalue weighted by Gasteiger charge is -2.04. The first kappa shape index (κ1) is 11.7. The number of aromatic nitrogens is 2. The lowest BCUT2D eigenvalue weighted by Crippen LogP contribution is -1.83. The summed E-state index contributed by atoms with van der Waals surface area (Å²) in [6, 6.07) is 18.9. The van der Waals surface area contributed by atoms with Crippen molar-refractivity contribution >= 4 is 0 Å². The Labute approximate surface area is 113 Å². The zero-order valence-corrected chi connectivity index (χ0v) is 11.1. The average molecular weight is 248 g/mol. The topological polar surface area (TPSA) is 28.7 Å². The lowest BCUT2D eigenvalue weighted by molar-refractivity contribution is 1.13. The molecule has 0 spiro atoms. The molecule has 0 saturated carbocycles. The summed E-state index contributed by atoms with van der Waals surface area (Å²) in [6.45, 7) is 4.04. The number of aryl methyl sites for hydroxylation is 2. The minimum atomic E-state index is 0.956. The Morgan fingerprint density at radius 1 is 0.789 bits per heavy atom. The van der Waals surface area contributed by atoms with Crippen LogP contribution >= 0.6 is 0 Å². The molecule has 0 bridgehead atoms. The maximum absolute atomic E-state index is 4.56. The van der Waals surface area contributed by atoms with Gasteiger partial charge in [-0.3, -0.25) is 0 Å². The average Bonchev–Trinajstić information content (AvgIpc) is 2.79. The molecule has 0 saturated heterocycles. The van der Waals surface area contributed by atoms with E-state index < -0.39 is 0 Å². The van der Waals surface area contributed by atoms with Gasteiger partial charge in [-0.05, 0) is 31.0 Å². The molecule has 0 unspecified atom stereocenters. The number of nitrogens with one attached hydrogen (secondary N) is 1. The van der Waals surface area contributed by atoms with Gasteiger partial charge < -0.3 is 4.98 Å². The Balaban J connectivity index is 2.08. The van der Waals surface area contributed by atoms with Gasteiger partial charge >= 0.3 is 0 Å². The molecule has 2 aromatic carbocycles. The van der Waals surface area contributed by atoms with Crippen LogP contribution in [0.1, 0.15) is 11.5 Å². The predicted molar refractivity (Wildman–Crippen MR) is 78.9 cm³/mol. The molecule has 0 aliphatic carbocycles. The number of benzene rings is 2. The maximum Gasteiger partial charge on any atom is 0.103 e. The summed E-state index contributed by atoms with van der Waals surface area (Å²) in [5.74, 6) is 0.956. The molecule has 0 atom stereocenters. The Morgan fingerprint density at radius 3 is 2.16 bits per heavy atom. The molecular weight excluding hydrogens is 232 g/mol. The molecule has 0 amide bonds. The van der Waals surface area contributed by atoms with Crippen molar-refractivity contribution < 1.29 is 0 Å². The van der Waals surface area contributed by atoms with Gasteiger partial charge in [0, 0.05) is 11.3 Å². The molecule has 1 N–H and O–H groups in total. The summed E-state index contributed by atoms with van der Waals surface area (Å²) in [4.78, 5) is 7.81. The molecule has 2 heteroatoms. The molecule has 0 aliphatic heterocycles. The van der Waals surface area contributed by atoms with Gasteiger partial charge in [-0.2, -0.15) is 0 Å². The highest BCUT2D eigenvalue weighted by Crippen LogP contribution is 2.26. The van der Waals surface area contributed by atoms with E-state index in [1.807, 2.05) is 13.0 Å². The van der Waals surface area contributed by atoms with E-state index in [2.05, 4.69) is 65.4 Å². The Bertz CT molecular complexity index is 696. The van der Waals surface area contributed by atoms with Gasteiger partial charge in [-0.15, -0.1) is 0 Å². The van der Waals surface area contributed by atoms with Crippen LogP contribution in [0.2, 0.25) is 0 Å². The fourth-order valence-electron chi connectivity index (χ4n) is 2.37. The molecule has 19 heavy (non-hydrogen) atoms. The fourth-order valence-corrected chi connectivity index (χ4v) is 2.37. The van der Waals surface area contributed by atoms with E-state index in [0.29, 0.717) is 0 Å². The lowest BCUT2D eigenvalue weighted by atomic mass is 10.0. The highest BCUT2D eigenvalue weighted by Gasteiger charge is 2.07. The van der Waals surface area contributed by atoms with Crippen LogP contribution in [0.3, 0.4) is 0 Å². The molecular formula is C17H16N2. The minimum absolute atomic E-state index is 0.956. The summed E-state index contributed by atoms with van der Waals surface area (Å²) >= 11 is 0. The summed E-state index contributed by atoms with van der Waals surface area (Å²) in [5.41, 5.74) is 5.76. The third-order valence-corrected chi connectivity index (χ3v) is 3.25. The second-order valence-electron chi connectivity index (χ2n) is 4.74. The van der Waals surface area contributed by atoms with Crippen LogP contribution in [0.4, 0.5) is 0 Å². The largest absolute Gasteiger partial charge is 0.346 e. The monoisotopic (exact) mass is 248 g/mol. The van der Waals surface area contributed by atoms with E-state index >= 15 is 0 Å². The van der Waals surface area contributed by atoms with E-state index in [1.165, 1.54) is 11.1 Å². The zero-order valence-electron chi connectivity index (χ0n) is 11.1. The third kappa shape index (κ3) is 2.29. The number of rotatable bonds is 2. The fraction of sp³-hybridized carbons (Fsp3) is 0.118. The van der Waals surface area contributed by atoms with Gasteiger partial charge in [-0.25, -0.2) is 4.98 Å². The van der Waals surface area contributed by atoms with Crippen molar-refractivity contribution in [3.8, 4) is 22.4 Å². The van der Waals surface area contributed by atoms with E-state index in [9.17, 15) is 0 Å². The predicted octanol–water partition coefficient (Wildman–Crippen LogP) is 4.36. The smallest absolute Gasteiger partial charge is 0.103 e. The summed E-state index contributed by atoms with van der Waals surface area (Å²) in [6.07, 6.45) is 0. The van der Waals surface area contributed by atoms with Crippen LogP contribution in [0.25, 0.3) is 22.4 Å². The van der Waals surface area contributed by atoms with Crippen molar-refractivity contribution in [1.29, 1.82) is 0 Å². The molecule has 3 rings (SSSR count). The Kier molecular flexibility index (Phi) is 2.92. The molecule has 3 aromatic rings. The number of aromatic amines is 1. The van der Waals surface area contributed by atoms with Gasteiger partial charge in [0.15, 0.2) is 0 Å². The summed E-state index contributed by atoms with van der Waals surface area (Å²) in [7, 11) is 0. The van der Waals surface area contributed by atoms with E-state index in [0.717, 1.165) is 22.8 Å². The highest BCUT2D eigenvalue weighted by atomic mass is 14.9. The van der Waals surface area contributed by atoms with Crippen LogP contribution in [-0.4, -0.2) is 9.97 Å². The summed E-state index contributed by atoms with van der Waals surface area (Å²) < 4.78 is 0. The Morgan fingerprint density at radius 2 is 1.47 bits per heavy atom. The SMILES string of the molecule is Cc1nc(-c2cccc(-c3ccccc3)c2)c(C)[nH]1. The molecule has 94 valence electrons. The van der Waals surface area contributed by atoms with Gasteiger partial charge in [0.2, 0.25) is 0 Å². The number of imidazole rings is 1. The Hall–Kier alpha value is -2.35. The second-order valence-corrected chi connectivity index (χ2v) is 4.74. The van der Waals surface area contributed by atoms with E-state index in [1.54, 1.807) is 0 Å². The first-order chi connectivity index (χ1) is 9.24. The van der Waals surface area contributed by atoms with Gasteiger partial charge in [0.25, 0.3) is 0 Å². The normalized spacial score (nSPS) is 10.6. The van der Waals surface area contributed by atoms with Crippen molar-refractivity contribution in [3.05, 3.63) is 66.1 Å². The van der Waals surface area contributed by atoms with Crippen LogP contribution < -0.4 is 0 Å².